The van der Waals surface area contributed by atoms with Crippen molar-refractivity contribution in [2.45, 2.75) is 46.5 Å². The van der Waals surface area contributed by atoms with Gasteiger partial charge in [0.25, 0.3) is 0 Å². The SMILES string of the molecule is CCCCN(CCCC)c1ccc(OC)c(C)c1. The van der Waals surface area contributed by atoms with Gasteiger partial charge in [0.15, 0.2) is 0 Å². The molecular formula is C16H27NO. The Hall–Kier alpha value is -1.18. The first-order chi connectivity index (χ1) is 8.72. The second kappa shape index (κ2) is 8.02. The number of anilines is 1. The molecular weight excluding hydrogens is 222 g/mol. The molecule has 1 aromatic carbocycles. The van der Waals surface area contributed by atoms with Gasteiger partial charge in [-0.1, -0.05) is 26.7 Å². The Morgan fingerprint density at radius 1 is 1.06 bits per heavy atom. The monoisotopic (exact) mass is 249 g/mol. The first kappa shape index (κ1) is 14.9. The quantitative estimate of drug-likeness (QED) is 0.676. The molecule has 0 bridgehead atoms. The van der Waals surface area contributed by atoms with E-state index in [-0.39, 0.29) is 0 Å². The van der Waals surface area contributed by atoms with Crippen LogP contribution >= 0.6 is 0 Å². The third kappa shape index (κ3) is 4.25. The lowest BCUT2D eigenvalue weighted by Gasteiger charge is -2.25. The summed E-state index contributed by atoms with van der Waals surface area (Å²) in [5.74, 6) is 0.977. The van der Waals surface area contributed by atoms with Gasteiger partial charge in [-0.25, -0.2) is 0 Å². The molecule has 1 rings (SSSR count). The fourth-order valence-electron chi connectivity index (χ4n) is 2.13. The summed E-state index contributed by atoms with van der Waals surface area (Å²) in [5.41, 5.74) is 2.54. The lowest BCUT2D eigenvalue weighted by atomic mass is 10.1. The molecule has 0 fully saturated rings. The molecule has 0 aromatic heterocycles. The highest BCUT2D eigenvalue weighted by Crippen LogP contribution is 2.24. The van der Waals surface area contributed by atoms with Gasteiger partial charge in [0.1, 0.15) is 5.75 Å². The number of methoxy groups -OCH3 is 1. The van der Waals surface area contributed by atoms with Crippen LogP contribution in [0.25, 0.3) is 0 Å². The third-order valence-electron chi connectivity index (χ3n) is 3.31. The zero-order valence-electron chi connectivity index (χ0n) is 12.3. The third-order valence-corrected chi connectivity index (χ3v) is 3.31. The Bertz CT molecular complexity index is 341. The average Bonchev–Trinajstić information content (AvgIpc) is 2.39. The lowest BCUT2D eigenvalue weighted by molar-refractivity contribution is 0.411. The van der Waals surface area contributed by atoms with Gasteiger partial charge in [0, 0.05) is 18.8 Å². The fourth-order valence-corrected chi connectivity index (χ4v) is 2.13. The number of benzene rings is 1. The minimum atomic E-state index is 0.977. The van der Waals surface area contributed by atoms with E-state index in [4.69, 9.17) is 4.74 Å². The van der Waals surface area contributed by atoms with Crippen LogP contribution in [-0.2, 0) is 0 Å². The van der Waals surface area contributed by atoms with Crippen LogP contribution in [0.3, 0.4) is 0 Å². The van der Waals surface area contributed by atoms with E-state index < -0.39 is 0 Å². The van der Waals surface area contributed by atoms with Crippen LogP contribution in [0.1, 0.15) is 45.1 Å². The first-order valence-corrected chi connectivity index (χ1v) is 7.12. The summed E-state index contributed by atoms with van der Waals surface area (Å²) in [6, 6.07) is 6.50. The maximum Gasteiger partial charge on any atom is 0.121 e. The largest absolute Gasteiger partial charge is 0.496 e. The van der Waals surface area contributed by atoms with Crippen molar-refractivity contribution in [2.75, 3.05) is 25.1 Å². The van der Waals surface area contributed by atoms with Crippen molar-refractivity contribution in [3.63, 3.8) is 0 Å². The number of hydrogen-bond donors (Lipinski definition) is 0. The normalized spacial score (nSPS) is 10.4. The van der Waals surface area contributed by atoms with E-state index in [1.807, 2.05) is 0 Å². The zero-order valence-corrected chi connectivity index (χ0v) is 12.3. The molecule has 0 spiro atoms. The number of unbranched alkanes of at least 4 members (excludes halogenated alkanes) is 2. The van der Waals surface area contributed by atoms with Crippen LogP contribution in [-0.4, -0.2) is 20.2 Å². The summed E-state index contributed by atoms with van der Waals surface area (Å²) >= 11 is 0. The molecule has 0 N–H and O–H groups in total. The average molecular weight is 249 g/mol. The van der Waals surface area contributed by atoms with Gasteiger partial charge >= 0.3 is 0 Å². The van der Waals surface area contributed by atoms with E-state index >= 15 is 0 Å². The summed E-state index contributed by atoms with van der Waals surface area (Å²) in [6.45, 7) is 8.92. The smallest absolute Gasteiger partial charge is 0.121 e. The van der Waals surface area contributed by atoms with E-state index in [0.29, 0.717) is 0 Å². The molecule has 0 saturated heterocycles. The van der Waals surface area contributed by atoms with Crippen molar-refractivity contribution in [1.82, 2.24) is 0 Å². The minimum absolute atomic E-state index is 0.977. The highest BCUT2D eigenvalue weighted by atomic mass is 16.5. The number of rotatable bonds is 8. The van der Waals surface area contributed by atoms with Gasteiger partial charge in [-0.15, -0.1) is 0 Å². The van der Waals surface area contributed by atoms with E-state index in [0.717, 1.165) is 18.8 Å². The number of aryl methyl sites for hydroxylation is 1. The lowest BCUT2D eigenvalue weighted by Crippen LogP contribution is -2.25. The van der Waals surface area contributed by atoms with Crippen LogP contribution in [0.5, 0.6) is 5.75 Å². The predicted octanol–water partition coefficient (Wildman–Crippen LogP) is 4.41. The highest BCUT2D eigenvalue weighted by molar-refractivity contribution is 5.52. The Morgan fingerprint density at radius 2 is 1.67 bits per heavy atom. The Kier molecular flexibility index (Phi) is 6.63. The van der Waals surface area contributed by atoms with E-state index in [1.54, 1.807) is 7.11 Å². The summed E-state index contributed by atoms with van der Waals surface area (Å²) in [5, 5.41) is 0. The van der Waals surface area contributed by atoms with Crippen molar-refractivity contribution in [3.8, 4) is 5.75 Å². The molecule has 2 nitrogen and oxygen atoms in total. The first-order valence-electron chi connectivity index (χ1n) is 7.12. The number of ether oxygens (including phenoxy) is 1. The maximum absolute atomic E-state index is 5.32. The molecule has 0 aliphatic rings. The van der Waals surface area contributed by atoms with Crippen LogP contribution in [0.15, 0.2) is 18.2 Å². The molecule has 0 atom stereocenters. The van der Waals surface area contributed by atoms with E-state index in [9.17, 15) is 0 Å². The molecule has 1 aromatic rings. The van der Waals surface area contributed by atoms with Gasteiger partial charge in [0.2, 0.25) is 0 Å². The molecule has 0 aliphatic carbocycles. The minimum Gasteiger partial charge on any atom is -0.496 e. The molecule has 102 valence electrons. The maximum atomic E-state index is 5.32. The second-order valence-corrected chi connectivity index (χ2v) is 4.85. The van der Waals surface area contributed by atoms with Gasteiger partial charge in [-0.05, 0) is 43.5 Å². The molecule has 0 radical (unpaired) electrons. The van der Waals surface area contributed by atoms with E-state index in [2.05, 4.69) is 43.9 Å². The van der Waals surface area contributed by atoms with Crippen molar-refractivity contribution in [2.24, 2.45) is 0 Å². The molecule has 0 saturated carbocycles. The van der Waals surface area contributed by atoms with Crippen molar-refractivity contribution in [3.05, 3.63) is 23.8 Å². The molecule has 2 heteroatoms. The van der Waals surface area contributed by atoms with Gasteiger partial charge < -0.3 is 9.64 Å². The van der Waals surface area contributed by atoms with Crippen molar-refractivity contribution >= 4 is 5.69 Å². The van der Waals surface area contributed by atoms with Crippen LogP contribution in [0.2, 0.25) is 0 Å². The number of nitrogens with zero attached hydrogens (tertiary/aromatic N) is 1. The highest BCUT2D eigenvalue weighted by Gasteiger charge is 2.07. The molecule has 0 heterocycles. The predicted molar refractivity (Wildman–Crippen MR) is 79.8 cm³/mol. The van der Waals surface area contributed by atoms with Gasteiger partial charge in [0.05, 0.1) is 7.11 Å². The topological polar surface area (TPSA) is 12.5 Å². The summed E-state index contributed by atoms with van der Waals surface area (Å²) in [4.78, 5) is 2.50. The van der Waals surface area contributed by atoms with Gasteiger partial charge in [-0.3, -0.25) is 0 Å². The van der Waals surface area contributed by atoms with Crippen LogP contribution in [0.4, 0.5) is 5.69 Å². The zero-order chi connectivity index (χ0) is 13.4. The fraction of sp³-hybridized carbons (Fsp3) is 0.625. The van der Waals surface area contributed by atoms with Gasteiger partial charge in [-0.2, -0.15) is 0 Å². The van der Waals surface area contributed by atoms with E-state index in [1.165, 1.54) is 36.9 Å². The van der Waals surface area contributed by atoms with Crippen molar-refractivity contribution < 1.29 is 4.74 Å². The van der Waals surface area contributed by atoms with Crippen molar-refractivity contribution in [1.29, 1.82) is 0 Å². The Morgan fingerprint density at radius 3 is 2.11 bits per heavy atom. The Labute approximate surface area is 112 Å². The molecule has 0 unspecified atom stereocenters. The molecule has 0 amide bonds. The summed E-state index contributed by atoms with van der Waals surface area (Å²) in [6.07, 6.45) is 5.01. The summed E-state index contributed by atoms with van der Waals surface area (Å²) < 4.78 is 5.32. The Balaban J connectivity index is 2.79. The molecule has 18 heavy (non-hydrogen) atoms. The van der Waals surface area contributed by atoms with Crippen LogP contribution < -0.4 is 9.64 Å². The standard InChI is InChI=1S/C16H27NO/c1-5-7-11-17(12-8-6-2)15-9-10-16(18-4)14(3)13-15/h9-10,13H,5-8,11-12H2,1-4H3. The number of hydrogen-bond acceptors (Lipinski definition) is 2. The molecule has 0 aliphatic heterocycles. The summed E-state index contributed by atoms with van der Waals surface area (Å²) in [7, 11) is 1.73. The second-order valence-electron chi connectivity index (χ2n) is 4.85. The van der Waals surface area contributed by atoms with Crippen LogP contribution in [0, 0.1) is 6.92 Å².